The Morgan fingerprint density at radius 3 is 2.95 bits per heavy atom. The number of nitrogens with one attached hydrogen (secondary N) is 3. The maximum Gasteiger partial charge on any atom is 0.191 e. The quantitative estimate of drug-likeness (QED) is 0.501. The number of nitrogens with zero attached hydrogens (tertiary/aromatic N) is 2. The largest absolute Gasteiger partial charge is 0.356 e. The van der Waals surface area contributed by atoms with Crippen molar-refractivity contribution >= 4 is 28.3 Å². The van der Waals surface area contributed by atoms with E-state index >= 15 is 0 Å². The van der Waals surface area contributed by atoms with Crippen molar-refractivity contribution < 1.29 is 0 Å². The van der Waals surface area contributed by atoms with Crippen LogP contribution in [-0.2, 0) is 13.0 Å². The molecule has 22 heavy (non-hydrogen) atoms. The van der Waals surface area contributed by atoms with E-state index in [0.29, 0.717) is 0 Å². The van der Waals surface area contributed by atoms with E-state index in [1.165, 1.54) is 5.56 Å². The monoisotopic (exact) mass is 313 g/mol. The number of aromatic nitrogens is 2. The fourth-order valence-corrected chi connectivity index (χ4v) is 2.89. The summed E-state index contributed by atoms with van der Waals surface area (Å²) in [6.45, 7) is 1.57. The molecule has 0 bridgehead atoms. The van der Waals surface area contributed by atoms with Crippen LogP contribution in [0.15, 0.2) is 46.1 Å². The van der Waals surface area contributed by atoms with Gasteiger partial charge in [0.2, 0.25) is 0 Å². The molecule has 0 saturated carbocycles. The van der Waals surface area contributed by atoms with Crippen molar-refractivity contribution in [2.45, 2.75) is 13.0 Å². The average Bonchev–Trinajstić information content (AvgIpc) is 3.19. The van der Waals surface area contributed by atoms with Crippen LogP contribution in [0.25, 0.3) is 11.0 Å². The summed E-state index contributed by atoms with van der Waals surface area (Å²) in [6.07, 6.45) is 0.827. The number of H-pyrrole nitrogens is 1. The van der Waals surface area contributed by atoms with E-state index in [-0.39, 0.29) is 0 Å². The summed E-state index contributed by atoms with van der Waals surface area (Å²) in [5.41, 5.74) is 3.36. The molecule has 0 amide bonds. The summed E-state index contributed by atoms with van der Waals surface area (Å²) in [7, 11) is 1.78. The van der Waals surface area contributed by atoms with E-state index in [9.17, 15) is 0 Å². The number of guanidine groups is 1. The summed E-state index contributed by atoms with van der Waals surface area (Å²) in [5, 5.41) is 10.8. The number of thiophene rings is 1. The van der Waals surface area contributed by atoms with Crippen LogP contribution in [0.5, 0.6) is 0 Å². The lowest BCUT2D eigenvalue weighted by Crippen LogP contribution is -2.37. The van der Waals surface area contributed by atoms with Crippen molar-refractivity contribution in [3.63, 3.8) is 0 Å². The molecular formula is C16H19N5S. The number of rotatable bonds is 5. The van der Waals surface area contributed by atoms with Gasteiger partial charge in [-0.15, -0.1) is 0 Å². The van der Waals surface area contributed by atoms with Gasteiger partial charge in [-0.25, -0.2) is 4.98 Å². The van der Waals surface area contributed by atoms with Crippen LogP contribution in [-0.4, -0.2) is 29.5 Å². The number of fused-ring (bicyclic) bond motifs is 1. The predicted molar refractivity (Wildman–Crippen MR) is 92.3 cm³/mol. The van der Waals surface area contributed by atoms with E-state index < -0.39 is 0 Å². The van der Waals surface area contributed by atoms with Gasteiger partial charge in [0, 0.05) is 26.6 Å². The van der Waals surface area contributed by atoms with E-state index in [1.807, 2.05) is 24.3 Å². The molecule has 2 heterocycles. The zero-order valence-corrected chi connectivity index (χ0v) is 13.3. The Morgan fingerprint density at radius 2 is 2.18 bits per heavy atom. The molecule has 0 atom stereocenters. The highest BCUT2D eigenvalue weighted by molar-refractivity contribution is 7.07. The van der Waals surface area contributed by atoms with Gasteiger partial charge in [0.1, 0.15) is 5.82 Å². The Hall–Kier alpha value is -2.34. The number of aromatic amines is 1. The van der Waals surface area contributed by atoms with Crippen LogP contribution in [0.3, 0.4) is 0 Å². The van der Waals surface area contributed by atoms with Gasteiger partial charge in [0.25, 0.3) is 0 Å². The van der Waals surface area contributed by atoms with Gasteiger partial charge < -0.3 is 15.6 Å². The van der Waals surface area contributed by atoms with Crippen molar-refractivity contribution in [1.29, 1.82) is 0 Å². The first-order chi connectivity index (χ1) is 10.8. The minimum absolute atomic E-state index is 0.781. The van der Waals surface area contributed by atoms with Crippen molar-refractivity contribution in [2.75, 3.05) is 13.6 Å². The lowest BCUT2D eigenvalue weighted by Gasteiger charge is -2.10. The van der Waals surface area contributed by atoms with Crippen LogP contribution in [0.4, 0.5) is 0 Å². The molecule has 0 saturated heterocycles. The maximum atomic E-state index is 4.57. The minimum Gasteiger partial charge on any atom is -0.356 e. The standard InChI is InChI=1S/C16H19N5S/c1-17-16(19-10-12-7-9-22-11-12)18-8-6-15-20-13-4-2-3-5-14(13)21-15/h2-5,7,9,11H,6,8,10H2,1H3,(H,20,21)(H2,17,18,19). The van der Waals surface area contributed by atoms with E-state index in [0.717, 1.165) is 42.3 Å². The normalized spacial score (nSPS) is 11.8. The van der Waals surface area contributed by atoms with E-state index in [2.05, 4.69) is 42.4 Å². The van der Waals surface area contributed by atoms with Gasteiger partial charge in [-0.1, -0.05) is 12.1 Å². The third-order valence-corrected chi connectivity index (χ3v) is 4.09. The molecule has 0 aliphatic carbocycles. The van der Waals surface area contributed by atoms with Gasteiger partial charge in [0.15, 0.2) is 5.96 Å². The van der Waals surface area contributed by atoms with E-state index in [1.54, 1.807) is 18.4 Å². The Balaban J connectivity index is 1.48. The molecule has 3 N–H and O–H groups in total. The predicted octanol–water partition coefficient (Wildman–Crippen LogP) is 2.53. The fraction of sp³-hybridized carbons (Fsp3) is 0.250. The van der Waals surface area contributed by atoms with Crippen LogP contribution < -0.4 is 10.6 Å². The van der Waals surface area contributed by atoms with Gasteiger partial charge >= 0.3 is 0 Å². The van der Waals surface area contributed by atoms with Crippen LogP contribution in [0, 0.1) is 0 Å². The maximum absolute atomic E-state index is 4.57. The minimum atomic E-state index is 0.781. The molecule has 114 valence electrons. The van der Waals surface area contributed by atoms with Crippen LogP contribution in [0.1, 0.15) is 11.4 Å². The summed E-state index contributed by atoms with van der Waals surface area (Å²) in [4.78, 5) is 12.1. The van der Waals surface area contributed by atoms with Gasteiger partial charge in [0.05, 0.1) is 11.0 Å². The van der Waals surface area contributed by atoms with E-state index in [4.69, 9.17) is 0 Å². The summed E-state index contributed by atoms with van der Waals surface area (Å²) >= 11 is 1.70. The molecule has 1 aromatic carbocycles. The smallest absolute Gasteiger partial charge is 0.191 e. The molecule has 3 rings (SSSR count). The van der Waals surface area contributed by atoms with Crippen molar-refractivity contribution in [3.05, 3.63) is 52.5 Å². The SMILES string of the molecule is CN=C(NCCc1nc2ccccc2[nH]1)NCc1ccsc1. The topological polar surface area (TPSA) is 65.1 Å². The second kappa shape index (κ2) is 7.09. The van der Waals surface area contributed by atoms with Gasteiger partial charge in [-0.05, 0) is 34.5 Å². The Morgan fingerprint density at radius 1 is 1.27 bits per heavy atom. The van der Waals surface area contributed by atoms with Crippen molar-refractivity contribution in [2.24, 2.45) is 4.99 Å². The first-order valence-electron chi connectivity index (χ1n) is 7.24. The van der Waals surface area contributed by atoms with Crippen LogP contribution >= 0.6 is 11.3 Å². The van der Waals surface area contributed by atoms with Crippen molar-refractivity contribution in [3.8, 4) is 0 Å². The summed E-state index contributed by atoms with van der Waals surface area (Å²) in [5.74, 6) is 1.80. The number of aliphatic imine (C=N–C) groups is 1. The molecule has 0 fully saturated rings. The highest BCUT2D eigenvalue weighted by Gasteiger charge is 2.03. The third kappa shape index (κ3) is 3.65. The lowest BCUT2D eigenvalue weighted by atomic mass is 10.3. The first kappa shape index (κ1) is 14.6. The third-order valence-electron chi connectivity index (χ3n) is 3.36. The van der Waals surface area contributed by atoms with Crippen LogP contribution in [0.2, 0.25) is 0 Å². The molecule has 5 nitrogen and oxygen atoms in total. The summed E-state index contributed by atoms with van der Waals surface area (Å²) < 4.78 is 0. The Labute approximate surface area is 133 Å². The average molecular weight is 313 g/mol. The molecule has 3 aromatic rings. The molecule has 0 aliphatic heterocycles. The molecule has 2 aromatic heterocycles. The number of imidazole rings is 1. The second-order valence-electron chi connectivity index (χ2n) is 4.93. The molecule has 0 spiro atoms. The zero-order chi connectivity index (χ0) is 15.2. The first-order valence-corrected chi connectivity index (χ1v) is 8.18. The van der Waals surface area contributed by atoms with Gasteiger partial charge in [-0.2, -0.15) is 11.3 Å². The molecule has 0 unspecified atom stereocenters. The fourth-order valence-electron chi connectivity index (χ4n) is 2.22. The molecule has 6 heteroatoms. The molecule has 0 aliphatic rings. The number of benzene rings is 1. The number of hydrogen-bond acceptors (Lipinski definition) is 3. The Bertz CT molecular complexity index is 712. The molecule has 0 radical (unpaired) electrons. The number of hydrogen-bond donors (Lipinski definition) is 3. The zero-order valence-electron chi connectivity index (χ0n) is 12.5. The molecular weight excluding hydrogens is 294 g/mol. The van der Waals surface area contributed by atoms with Gasteiger partial charge in [-0.3, -0.25) is 4.99 Å². The summed E-state index contributed by atoms with van der Waals surface area (Å²) in [6, 6.07) is 10.2. The number of para-hydroxylation sites is 2. The Kier molecular flexibility index (Phi) is 4.70. The highest BCUT2D eigenvalue weighted by Crippen LogP contribution is 2.10. The van der Waals surface area contributed by atoms with Crippen molar-refractivity contribution in [1.82, 2.24) is 20.6 Å². The lowest BCUT2D eigenvalue weighted by molar-refractivity contribution is 0.777. The second-order valence-corrected chi connectivity index (χ2v) is 5.71. The highest BCUT2D eigenvalue weighted by atomic mass is 32.1.